The van der Waals surface area contributed by atoms with Crippen molar-refractivity contribution < 1.29 is 9.21 Å². The van der Waals surface area contributed by atoms with Gasteiger partial charge in [0.2, 0.25) is 0 Å². The largest absolute Gasteiger partial charge is 0.459 e. The topological polar surface area (TPSA) is 80.3 Å². The summed E-state index contributed by atoms with van der Waals surface area (Å²) in [4.78, 5) is 16.9. The Morgan fingerprint density at radius 3 is 2.44 bits per heavy atom. The van der Waals surface area contributed by atoms with E-state index < -0.39 is 0 Å². The summed E-state index contributed by atoms with van der Waals surface area (Å²) in [6, 6.07) is 22.3. The third-order valence-corrected chi connectivity index (χ3v) is 6.35. The van der Waals surface area contributed by atoms with Gasteiger partial charge in [-0.3, -0.25) is 9.69 Å². The van der Waals surface area contributed by atoms with Gasteiger partial charge in [0, 0.05) is 32.7 Å². The molecule has 0 radical (unpaired) electrons. The number of furan rings is 1. The van der Waals surface area contributed by atoms with Gasteiger partial charge in [0.1, 0.15) is 0 Å². The summed E-state index contributed by atoms with van der Waals surface area (Å²) >= 11 is 0. The summed E-state index contributed by atoms with van der Waals surface area (Å²) in [5, 5.41) is 12.8. The van der Waals surface area contributed by atoms with E-state index >= 15 is 0 Å². The highest BCUT2D eigenvalue weighted by Gasteiger charge is 2.32. The predicted molar refractivity (Wildman–Crippen MR) is 127 cm³/mol. The van der Waals surface area contributed by atoms with E-state index in [1.165, 1.54) is 17.4 Å². The molecule has 1 fully saturated rings. The highest BCUT2D eigenvalue weighted by Crippen LogP contribution is 2.29. The van der Waals surface area contributed by atoms with Gasteiger partial charge in [0.25, 0.3) is 5.91 Å². The second-order valence-electron chi connectivity index (χ2n) is 8.61. The molecule has 0 bridgehead atoms. The average molecular weight is 457 g/mol. The number of piperazine rings is 1. The third-order valence-electron chi connectivity index (χ3n) is 6.35. The van der Waals surface area contributed by atoms with Gasteiger partial charge < -0.3 is 9.32 Å². The lowest BCUT2D eigenvalue weighted by Crippen LogP contribution is -2.50. The first kappa shape index (κ1) is 22.0. The summed E-state index contributed by atoms with van der Waals surface area (Å²) < 4.78 is 7.22. The maximum absolute atomic E-state index is 12.7. The Bertz CT molecular complexity index is 1200. The molecule has 34 heavy (non-hydrogen) atoms. The number of aromatic nitrogens is 4. The van der Waals surface area contributed by atoms with Crippen LogP contribution in [-0.2, 0) is 13.0 Å². The van der Waals surface area contributed by atoms with E-state index in [1.807, 2.05) is 15.6 Å². The zero-order valence-electron chi connectivity index (χ0n) is 19.2. The van der Waals surface area contributed by atoms with Gasteiger partial charge in [0.05, 0.1) is 12.3 Å². The van der Waals surface area contributed by atoms with Gasteiger partial charge in [-0.2, -0.15) is 0 Å². The Labute approximate surface area is 198 Å². The molecular weight excluding hydrogens is 428 g/mol. The first-order valence-electron chi connectivity index (χ1n) is 11.6. The van der Waals surface area contributed by atoms with Crippen LogP contribution < -0.4 is 0 Å². The van der Waals surface area contributed by atoms with Crippen molar-refractivity contribution in [3.8, 4) is 0 Å². The number of tetrazole rings is 1. The van der Waals surface area contributed by atoms with E-state index in [0.717, 1.165) is 30.9 Å². The standard InChI is InChI=1S/C26H28N6O2/c1-20-9-11-22(12-10-20)24(25-27-28-29-32(25)14-13-21-6-3-2-4-7-21)30-15-17-31(18-16-30)26(33)23-8-5-19-34-23/h2-12,19,24H,13-18H2,1H3/t24-/m1/s1. The van der Waals surface area contributed by atoms with E-state index in [1.54, 1.807) is 12.1 Å². The molecule has 2 aromatic carbocycles. The van der Waals surface area contributed by atoms with E-state index in [4.69, 9.17) is 4.42 Å². The maximum Gasteiger partial charge on any atom is 0.289 e. The van der Waals surface area contributed by atoms with Gasteiger partial charge in [-0.15, -0.1) is 5.10 Å². The minimum Gasteiger partial charge on any atom is -0.459 e. The fraction of sp³-hybridized carbons (Fsp3) is 0.308. The van der Waals surface area contributed by atoms with Crippen LogP contribution in [0.25, 0.3) is 0 Å². The Morgan fingerprint density at radius 2 is 1.74 bits per heavy atom. The van der Waals surface area contributed by atoms with Gasteiger partial charge in [-0.1, -0.05) is 60.2 Å². The first-order valence-corrected chi connectivity index (χ1v) is 11.6. The number of hydrogen-bond acceptors (Lipinski definition) is 6. The molecule has 174 valence electrons. The normalized spacial score (nSPS) is 15.4. The van der Waals surface area contributed by atoms with Crippen molar-refractivity contribution in [1.29, 1.82) is 0 Å². The van der Waals surface area contributed by atoms with Crippen molar-refractivity contribution in [1.82, 2.24) is 30.0 Å². The molecule has 1 atom stereocenters. The van der Waals surface area contributed by atoms with Crippen molar-refractivity contribution in [3.05, 3.63) is 101 Å². The monoisotopic (exact) mass is 456 g/mol. The minimum atomic E-state index is -0.0905. The molecule has 0 saturated carbocycles. The van der Waals surface area contributed by atoms with Crippen LogP contribution in [0.4, 0.5) is 0 Å². The smallest absolute Gasteiger partial charge is 0.289 e. The summed E-state index contributed by atoms with van der Waals surface area (Å²) in [5.74, 6) is 1.14. The molecule has 2 aromatic heterocycles. The van der Waals surface area contributed by atoms with Gasteiger partial charge in [0.15, 0.2) is 11.6 Å². The van der Waals surface area contributed by atoms with Gasteiger partial charge in [-0.05, 0) is 47.0 Å². The van der Waals surface area contributed by atoms with Crippen LogP contribution in [0, 0.1) is 6.92 Å². The lowest BCUT2D eigenvalue weighted by Gasteiger charge is -2.38. The zero-order valence-corrected chi connectivity index (χ0v) is 19.2. The van der Waals surface area contributed by atoms with Gasteiger partial charge in [-0.25, -0.2) is 4.68 Å². The summed E-state index contributed by atoms with van der Waals surface area (Å²) in [7, 11) is 0. The molecule has 0 N–H and O–H groups in total. The van der Waals surface area contributed by atoms with Crippen LogP contribution in [0.2, 0.25) is 0 Å². The fourth-order valence-corrected chi connectivity index (χ4v) is 4.46. The second kappa shape index (κ2) is 10.0. The molecule has 5 rings (SSSR count). The molecule has 0 aliphatic carbocycles. The van der Waals surface area contributed by atoms with Crippen LogP contribution in [0.3, 0.4) is 0 Å². The van der Waals surface area contributed by atoms with E-state index in [-0.39, 0.29) is 11.9 Å². The molecule has 4 aromatic rings. The highest BCUT2D eigenvalue weighted by molar-refractivity contribution is 5.91. The molecule has 1 aliphatic rings. The Morgan fingerprint density at radius 1 is 0.971 bits per heavy atom. The molecule has 8 heteroatoms. The van der Waals surface area contributed by atoms with E-state index in [0.29, 0.717) is 25.4 Å². The molecular formula is C26H28N6O2. The summed E-state index contributed by atoms with van der Waals surface area (Å²) in [5.41, 5.74) is 3.60. The van der Waals surface area contributed by atoms with Gasteiger partial charge >= 0.3 is 0 Å². The molecule has 3 heterocycles. The fourth-order valence-electron chi connectivity index (χ4n) is 4.46. The van der Waals surface area contributed by atoms with E-state index in [9.17, 15) is 4.79 Å². The third kappa shape index (κ3) is 4.77. The molecule has 0 spiro atoms. The maximum atomic E-state index is 12.7. The molecule has 1 saturated heterocycles. The minimum absolute atomic E-state index is 0.0655. The Hall–Kier alpha value is -3.78. The predicted octanol–water partition coefficient (Wildman–Crippen LogP) is 3.36. The summed E-state index contributed by atoms with van der Waals surface area (Å²) in [6.45, 7) is 5.46. The number of carbonyl (C=O) groups excluding carboxylic acids is 1. The average Bonchev–Trinajstić information content (AvgIpc) is 3.58. The van der Waals surface area contributed by atoms with E-state index in [2.05, 4.69) is 75.9 Å². The number of carbonyl (C=O) groups is 1. The van der Waals surface area contributed by atoms with Crippen molar-refractivity contribution >= 4 is 5.91 Å². The highest BCUT2D eigenvalue weighted by atomic mass is 16.3. The van der Waals surface area contributed by atoms with Crippen LogP contribution in [0.15, 0.2) is 77.4 Å². The van der Waals surface area contributed by atoms with Crippen molar-refractivity contribution in [3.63, 3.8) is 0 Å². The number of rotatable bonds is 7. The van der Waals surface area contributed by atoms with Crippen molar-refractivity contribution in [2.45, 2.75) is 25.9 Å². The van der Waals surface area contributed by atoms with Crippen LogP contribution in [-0.4, -0.2) is 62.1 Å². The quantitative estimate of drug-likeness (QED) is 0.424. The number of hydrogen-bond donors (Lipinski definition) is 0. The molecule has 0 unspecified atom stereocenters. The van der Waals surface area contributed by atoms with Crippen molar-refractivity contribution in [2.24, 2.45) is 0 Å². The number of benzene rings is 2. The lowest BCUT2D eigenvalue weighted by atomic mass is 10.0. The van der Waals surface area contributed by atoms with Crippen LogP contribution in [0.5, 0.6) is 0 Å². The number of amides is 1. The SMILES string of the molecule is Cc1ccc([C@H](c2nnnn2CCc2ccccc2)N2CCN(C(=O)c3ccco3)CC2)cc1. The molecule has 8 nitrogen and oxygen atoms in total. The lowest BCUT2D eigenvalue weighted by molar-refractivity contribution is 0.0559. The number of nitrogens with zero attached hydrogens (tertiary/aromatic N) is 6. The summed E-state index contributed by atoms with van der Waals surface area (Å²) in [6.07, 6.45) is 2.39. The molecule has 1 aliphatic heterocycles. The van der Waals surface area contributed by atoms with Crippen LogP contribution in [0.1, 0.15) is 39.1 Å². The number of aryl methyl sites for hydroxylation is 3. The van der Waals surface area contributed by atoms with Crippen LogP contribution >= 0.6 is 0 Å². The zero-order chi connectivity index (χ0) is 23.3. The van der Waals surface area contributed by atoms with Crippen molar-refractivity contribution in [2.75, 3.05) is 26.2 Å². The molecule has 1 amide bonds. The Balaban J connectivity index is 1.37. The second-order valence-corrected chi connectivity index (χ2v) is 8.61. The first-order chi connectivity index (χ1) is 16.7. The Kier molecular flexibility index (Phi) is 6.49.